The van der Waals surface area contributed by atoms with Crippen LogP contribution >= 0.6 is 11.6 Å². The second-order valence-corrected chi connectivity index (χ2v) is 10.7. The van der Waals surface area contributed by atoms with Crippen LogP contribution in [0.5, 0.6) is 5.88 Å². The Morgan fingerprint density at radius 1 is 1.08 bits per heavy atom. The molecule has 0 bridgehead atoms. The summed E-state index contributed by atoms with van der Waals surface area (Å²) >= 11 is 5.96. The Kier molecular flexibility index (Phi) is 7.32. The van der Waals surface area contributed by atoms with Gasteiger partial charge in [0, 0.05) is 23.8 Å². The standard InChI is InChI=1S/C25H20ClF3N4O5S/c1-14-23(35)33(18-7-9-19(10-8-18)39(37,38)25(27,28)29)24(36)32(14)21(22(34)30-2)16-11-12-31-20(13-16)15-3-5-17(26)6-4-15/h3-13,21,35H,1-2H3,(H,30,34). The smallest absolute Gasteiger partial charge is 0.493 e. The van der Waals surface area contributed by atoms with Gasteiger partial charge < -0.3 is 10.4 Å². The van der Waals surface area contributed by atoms with Crippen LogP contribution in [0.1, 0.15) is 17.3 Å². The van der Waals surface area contributed by atoms with Crippen LogP contribution in [0.15, 0.2) is 76.6 Å². The van der Waals surface area contributed by atoms with Gasteiger partial charge in [0.1, 0.15) is 6.04 Å². The van der Waals surface area contributed by atoms with Crippen molar-refractivity contribution < 1.29 is 31.5 Å². The van der Waals surface area contributed by atoms with Gasteiger partial charge in [-0.05, 0) is 61.0 Å². The highest BCUT2D eigenvalue weighted by molar-refractivity contribution is 7.92. The highest BCUT2D eigenvalue weighted by Gasteiger charge is 2.46. The van der Waals surface area contributed by atoms with E-state index in [0.29, 0.717) is 34.0 Å². The summed E-state index contributed by atoms with van der Waals surface area (Å²) < 4.78 is 63.9. The number of aromatic hydroxyl groups is 1. The summed E-state index contributed by atoms with van der Waals surface area (Å²) in [7, 11) is -4.24. The maximum Gasteiger partial charge on any atom is 0.501 e. The molecular formula is C25H20ClF3N4O5S. The van der Waals surface area contributed by atoms with Crippen molar-refractivity contribution in [3.63, 3.8) is 0 Å². The molecule has 0 aliphatic heterocycles. The highest BCUT2D eigenvalue weighted by Crippen LogP contribution is 2.32. The fraction of sp³-hybridized carbons (Fsp3) is 0.160. The van der Waals surface area contributed by atoms with Gasteiger partial charge >= 0.3 is 11.2 Å². The number of hydrogen-bond donors (Lipinski definition) is 2. The van der Waals surface area contributed by atoms with E-state index in [0.717, 1.165) is 21.3 Å². The lowest BCUT2D eigenvalue weighted by molar-refractivity contribution is -0.122. The van der Waals surface area contributed by atoms with Crippen LogP contribution in [0.25, 0.3) is 16.9 Å². The summed E-state index contributed by atoms with van der Waals surface area (Å²) in [6.45, 7) is 1.38. The number of aromatic nitrogens is 3. The van der Waals surface area contributed by atoms with Crippen LogP contribution in [0, 0.1) is 6.92 Å². The fourth-order valence-corrected chi connectivity index (χ4v) is 4.89. The highest BCUT2D eigenvalue weighted by atomic mass is 35.5. The fourth-order valence-electron chi connectivity index (χ4n) is 4.01. The number of amides is 1. The maximum absolute atomic E-state index is 13.5. The second-order valence-electron chi connectivity index (χ2n) is 8.34. The van der Waals surface area contributed by atoms with Crippen molar-refractivity contribution in [2.24, 2.45) is 0 Å². The molecule has 4 rings (SSSR count). The molecule has 204 valence electrons. The number of nitrogens with one attached hydrogen (secondary N) is 1. The van der Waals surface area contributed by atoms with Gasteiger partial charge in [-0.1, -0.05) is 23.7 Å². The first-order chi connectivity index (χ1) is 18.3. The molecule has 4 aromatic rings. The molecule has 1 atom stereocenters. The van der Waals surface area contributed by atoms with Gasteiger partial charge in [0.05, 0.1) is 22.0 Å². The quantitative estimate of drug-likeness (QED) is 0.355. The first kappa shape index (κ1) is 27.9. The van der Waals surface area contributed by atoms with Crippen LogP contribution in [0.2, 0.25) is 5.02 Å². The number of pyridine rings is 1. The summed E-state index contributed by atoms with van der Waals surface area (Å²) in [5.74, 6) is -1.19. The van der Waals surface area contributed by atoms with Crippen molar-refractivity contribution in [3.8, 4) is 22.8 Å². The molecule has 0 saturated carbocycles. The van der Waals surface area contributed by atoms with Crippen molar-refractivity contribution in [1.82, 2.24) is 19.4 Å². The average Bonchev–Trinajstić information content (AvgIpc) is 3.12. The molecular weight excluding hydrogens is 561 g/mol. The largest absolute Gasteiger partial charge is 0.501 e. The van der Waals surface area contributed by atoms with Gasteiger partial charge in [-0.15, -0.1) is 0 Å². The summed E-state index contributed by atoms with van der Waals surface area (Å²) in [6, 6.07) is 11.9. The van der Waals surface area contributed by atoms with Crippen molar-refractivity contribution in [3.05, 3.63) is 93.6 Å². The molecule has 0 radical (unpaired) electrons. The Morgan fingerprint density at radius 2 is 1.69 bits per heavy atom. The van der Waals surface area contributed by atoms with E-state index in [9.17, 15) is 36.3 Å². The Hall–Kier alpha value is -4.10. The van der Waals surface area contributed by atoms with Crippen LogP contribution in [0.3, 0.4) is 0 Å². The Bertz CT molecular complexity index is 1710. The number of carbonyl (C=O) groups is 1. The molecule has 1 amide bonds. The van der Waals surface area contributed by atoms with E-state index in [2.05, 4.69) is 10.3 Å². The molecule has 2 aromatic heterocycles. The summed E-state index contributed by atoms with van der Waals surface area (Å²) in [5, 5.41) is 13.8. The zero-order valence-corrected chi connectivity index (χ0v) is 21.8. The van der Waals surface area contributed by atoms with Crippen LogP contribution < -0.4 is 11.0 Å². The molecule has 1 unspecified atom stereocenters. The normalized spacial score (nSPS) is 12.8. The van der Waals surface area contributed by atoms with Crippen molar-refractivity contribution >= 4 is 27.3 Å². The molecule has 14 heteroatoms. The second kappa shape index (κ2) is 10.2. The van der Waals surface area contributed by atoms with E-state index in [4.69, 9.17) is 11.6 Å². The number of imidazole rings is 1. The number of sulfone groups is 1. The summed E-state index contributed by atoms with van der Waals surface area (Å²) in [6.07, 6.45) is 1.45. The van der Waals surface area contributed by atoms with E-state index in [1.165, 1.54) is 26.2 Å². The van der Waals surface area contributed by atoms with Gasteiger partial charge in [-0.2, -0.15) is 13.2 Å². The van der Waals surface area contributed by atoms with Gasteiger partial charge in [0.25, 0.3) is 9.84 Å². The maximum atomic E-state index is 13.5. The van der Waals surface area contributed by atoms with Crippen molar-refractivity contribution in [2.75, 3.05) is 7.05 Å². The molecule has 9 nitrogen and oxygen atoms in total. The van der Waals surface area contributed by atoms with E-state index < -0.39 is 43.8 Å². The third-order valence-electron chi connectivity index (χ3n) is 6.00. The van der Waals surface area contributed by atoms with Gasteiger partial charge in [0.2, 0.25) is 11.8 Å². The number of alkyl halides is 3. The van der Waals surface area contributed by atoms with E-state index in [1.54, 1.807) is 30.3 Å². The number of halogens is 4. The van der Waals surface area contributed by atoms with Crippen LogP contribution in [-0.4, -0.2) is 46.1 Å². The first-order valence-electron chi connectivity index (χ1n) is 11.2. The molecule has 0 aliphatic rings. The number of benzene rings is 2. The predicted molar refractivity (Wildman–Crippen MR) is 137 cm³/mol. The number of nitrogens with zero attached hydrogens (tertiary/aromatic N) is 3. The predicted octanol–water partition coefficient (Wildman–Crippen LogP) is 4.00. The topological polar surface area (TPSA) is 123 Å². The minimum Gasteiger partial charge on any atom is -0.493 e. The Labute approximate surface area is 225 Å². The summed E-state index contributed by atoms with van der Waals surface area (Å²) in [4.78, 5) is 29.9. The first-order valence-corrected chi connectivity index (χ1v) is 13.0. The van der Waals surface area contributed by atoms with Crippen molar-refractivity contribution in [2.45, 2.75) is 23.4 Å². The molecule has 2 N–H and O–H groups in total. The lowest BCUT2D eigenvalue weighted by atomic mass is 10.0. The minimum atomic E-state index is -5.61. The van der Waals surface area contributed by atoms with E-state index >= 15 is 0 Å². The molecule has 0 saturated heterocycles. The van der Waals surface area contributed by atoms with Crippen LogP contribution in [-0.2, 0) is 14.6 Å². The molecule has 39 heavy (non-hydrogen) atoms. The van der Waals surface area contributed by atoms with Gasteiger partial charge in [0.15, 0.2) is 0 Å². The number of likely N-dealkylation sites (N-methyl/N-ethyl adjacent to an activating group) is 1. The number of rotatable bonds is 6. The lowest BCUT2D eigenvalue weighted by Gasteiger charge is -2.19. The molecule has 2 aromatic carbocycles. The Balaban J connectivity index is 1.84. The van der Waals surface area contributed by atoms with E-state index in [1.807, 2.05) is 0 Å². The lowest BCUT2D eigenvalue weighted by Crippen LogP contribution is -2.37. The third-order valence-corrected chi connectivity index (χ3v) is 7.75. The van der Waals surface area contributed by atoms with Gasteiger partial charge in [-0.3, -0.25) is 14.3 Å². The number of hydrogen-bond acceptors (Lipinski definition) is 6. The SMILES string of the molecule is CNC(=O)C(c1ccnc(-c2ccc(Cl)cc2)c1)n1c(C)c(O)n(-c2ccc(S(=O)(=O)C(F)(F)F)cc2)c1=O. The Morgan fingerprint density at radius 3 is 2.26 bits per heavy atom. The average molecular weight is 581 g/mol. The van der Waals surface area contributed by atoms with Crippen LogP contribution in [0.4, 0.5) is 13.2 Å². The third kappa shape index (κ3) is 5.02. The van der Waals surface area contributed by atoms with Gasteiger partial charge in [-0.25, -0.2) is 17.8 Å². The zero-order valence-electron chi connectivity index (χ0n) is 20.3. The van der Waals surface area contributed by atoms with E-state index in [-0.39, 0.29) is 11.4 Å². The monoisotopic (exact) mass is 580 g/mol. The zero-order chi connectivity index (χ0) is 28.7. The molecule has 0 spiro atoms. The molecule has 0 fully saturated rings. The summed E-state index contributed by atoms with van der Waals surface area (Å²) in [5.41, 5.74) is -5.02. The molecule has 2 heterocycles. The van der Waals surface area contributed by atoms with Crippen molar-refractivity contribution in [1.29, 1.82) is 0 Å². The minimum absolute atomic E-state index is 0.0227. The molecule has 0 aliphatic carbocycles. The number of carbonyl (C=O) groups excluding carboxylic acids is 1.